The first kappa shape index (κ1) is 15.8. The Morgan fingerprint density at radius 3 is 2.58 bits per heavy atom. The van der Waals surface area contributed by atoms with E-state index in [1.807, 2.05) is 42.5 Å². The SMILES string of the molecule is N=Cc1cc(Nc2nc(-c3ccncc3)cc3ccccc23)ccc1N. The monoisotopic (exact) mass is 339 g/mol. The van der Waals surface area contributed by atoms with Crippen molar-refractivity contribution < 1.29 is 0 Å². The summed E-state index contributed by atoms with van der Waals surface area (Å²) in [6, 6.07) is 19.6. The molecule has 5 heteroatoms. The summed E-state index contributed by atoms with van der Waals surface area (Å²) in [4.78, 5) is 8.89. The van der Waals surface area contributed by atoms with Crippen LogP contribution in [0.5, 0.6) is 0 Å². The van der Waals surface area contributed by atoms with E-state index in [2.05, 4.69) is 22.4 Å². The highest BCUT2D eigenvalue weighted by atomic mass is 15.0. The van der Waals surface area contributed by atoms with E-state index in [1.54, 1.807) is 18.5 Å². The zero-order valence-corrected chi connectivity index (χ0v) is 14.0. The molecule has 0 unspecified atom stereocenters. The average molecular weight is 339 g/mol. The van der Waals surface area contributed by atoms with Gasteiger partial charge in [0.2, 0.25) is 0 Å². The number of fused-ring (bicyclic) bond motifs is 1. The third-order valence-corrected chi connectivity index (χ3v) is 4.22. The second-order valence-corrected chi connectivity index (χ2v) is 5.93. The molecular weight excluding hydrogens is 322 g/mol. The molecular formula is C21H17N5. The minimum atomic E-state index is 0.578. The average Bonchev–Trinajstić information content (AvgIpc) is 2.70. The number of rotatable bonds is 4. The summed E-state index contributed by atoms with van der Waals surface area (Å²) in [6.07, 6.45) is 4.77. The quantitative estimate of drug-likeness (QED) is 0.374. The Hall–Kier alpha value is -3.73. The molecule has 0 atom stereocenters. The van der Waals surface area contributed by atoms with Gasteiger partial charge < -0.3 is 16.5 Å². The number of aromatic nitrogens is 2. The number of anilines is 3. The smallest absolute Gasteiger partial charge is 0.138 e. The van der Waals surface area contributed by atoms with Crippen molar-refractivity contribution in [3.63, 3.8) is 0 Å². The molecule has 0 radical (unpaired) electrons. The summed E-state index contributed by atoms with van der Waals surface area (Å²) in [5.41, 5.74) is 9.84. The van der Waals surface area contributed by atoms with Crippen molar-refractivity contribution in [1.29, 1.82) is 5.41 Å². The first-order valence-corrected chi connectivity index (χ1v) is 8.22. The maximum absolute atomic E-state index is 7.48. The fraction of sp³-hybridized carbons (Fsp3) is 0. The van der Waals surface area contributed by atoms with Gasteiger partial charge in [-0.2, -0.15) is 0 Å². The van der Waals surface area contributed by atoms with Crippen LogP contribution in [0.25, 0.3) is 22.0 Å². The van der Waals surface area contributed by atoms with Crippen LogP contribution in [0.15, 0.2) is 73.1 Å². The van der Waals surface area contributed by atoms with Crippen LogP contribution in [0.3, 0.4) is 0 Å². The summed E-state index contributed by atoms with van der Waals surface area (Å²) in [5, 5.41) is 13.0. The van der Waals surface area contributed by atoms with E-state index in [9.17, 15) is 0 Å². The highest BCUT2D eigenvalue weighted by Crippen LogP contribution is 2.30. The van der Waals surface area contributed by atoms with E-state index in [0.717, 1.165) is 33.5 Å². The first-order valence-electron chi connectivity index (χ1n) is 8.22. The molecule has 0 aliphatic heterocycles. The van der Waals surface area contributed by atoms with Gasteiger partial charge in [0, 0.05) is 46.5 Å². The fourth-order valence-corrected chi connectivity index (χ4v) is 2.88. The molecule has 2 aromatic carbocycles. The molecule has 0 bridgehead atoms. The number of nitrogens with two attached hydrogens (primary N) is 1. The maximum Gasteiger partial charge on any atom is 0.138 e. The van der Waals surface area contributed by atoms with Crippen LogP contribution in [-0.4, -0.2) is 16.2 Å². The van der Waals surface area contributed by atoms with Gasteiger partial charge >= 0.3 is 0 Å². The Morgan fingerprint density at radius 1 is 0.962 bits per heavy atom. The molecule has 4 rings (SSSR count). The molecule has 0 amide bonds. The second kappa shape index (κ2) is 6.64. The van der Waals surface area contributed by atoms with Gasteiger partial charge in [0.05, 0.1) is 5.69 Å². The summed E-state index contributed by atoms with van der Waals surface area (Å²) < 4.78 is 0. The van der Waals surface area contributed by atoms with Crippen molar-refractivity contribution >= 4 is 34.2 Å². The number of pyridine rings is 2. The van der Waals surface area contributed by atoms with Gasteiger partial charge in [-0.05, 0) is 41.8 Å². The highest BCUT2D eigenvalue weighted by Gasteiger charge is 2.09. The largest absolute Gasteiger partial charge is 0.398 e. The third kappa shape index (κ3) is 2.98. The molecule has 0 saturated carbocycles. The number of hydrogen-bond acceptors (Lipinski definition) is 5. The van der Waals surface area contributed by atoms with Crippen molar-refractivity contribution in [3.05, 3.63) is 78.6 Å². The lowest BCUT2D eigenvalue weighted by Gasteiger charge is -2.13. The standard InChI is InChI=1S/C21H17N5/c22-13-16-11-17(5-6-19(16)23)25-21-18-4-2-1-3-15(18)12-20(26-21)14-7-9-24-10-8-14/h1-13,22H,23H2,(H,25,26). The molecule has 2 heterocycles. The van der Waals surface area contributed by atoms with Crippen molar-refractivity contribution in [3.8, 4) is 11.3 Å². The lowest BCUT2D eigenvalue weighted by atomic mass is 10.1. The van der Waals surface area contributed by atoms with Crippen LogP contribution in [-0.2, 0) is 0 Å². The van der Waals surface area contributed by atoms with Gasteiger partial charge in [0.1, 0.15) is 5.82 Å². The molecule has 0 saturated heterocycles. The molecule has 5 nitrogen and oxygen atoms in total. The zero-order valence-electron chi connectivity index (χ0n) is 14.0. The molecule has 4 aromatic rings. The summed E-state index contributed by atoms with van der Waals surface area (Å²) >= 11 is 0. The third-order valence-electron chi connectivity index (χ3n) is 4.22. The number of nitrogen functional groups attached to an aromatic ring is 1. The number of nitrogens with one attached hydrogen (secondary N) is 2. The van der Waals surface area contributed by atoms with Crippen molar-refractivity contribution in [2.75, 3.05) is 11.1 Å². The second-order valence-electron chi connectivity index (χ2n) is 5.93. The van der Waals surface area contributed by atoms with Crippen LogP contribution in [0.4, 0.5) is 17.2 Å². The predicted molar refractivity (Wildman–Crippen MR) is 107 cm³/mol. The van der Waals surface area contributed by atoms with Crippen LogP contribution in [0, 0.1) is 5.41 Å². The maximum atomic E-state index is 7.48. The Labute approximate surface area is 151 Å². The summed E-state index contributed by atoms with van der Waals surface area (Å²) in [5.74, 6) is 0.760. The normalized spacial score (nSPS) is 10.6. The van der Waals surface area contributed by atoms with Gasteiger partial charge in [0.15, 0.2) is 0 Å². The van der Waals surface area contributed by atoms with Crippen LogP contribution < -0.4 is 11.1 Å². The molecule has 4 N–H and O–H groups in total. The molecule has 0 aliphatic rings. The molecule has 0 aliphatic carbocycles. The number of benzene rings is 2. The van der Waals surface area contributed by atoms with Gasteiger partial charge in [-0.1, -0.05) is 24.3 Å². The summed E-state index contributed by atoms with van der Waals surface area (Å²) in [6.45, 7) is 0. The lowest BCUT2D eigenvalue weighted by Crippen LogP contribution is -1.99. The van der Waals surface area contributed by atoms with E-state index in [4.69, 9.17) is 16.1 Å². The van der Waals surface area contributed by atoms with Gasteiger partial charge in [-0.3, -0.25) is 4.98 Å². The highest BCUT2D eigenvalue weighted by molar-refractivity contribution is 5.96. The number of hydrogen-bond donors (Lipinski definition) is 3. The Kier molecular flexibility index (Phi) is 4.03. The lowest BCUT2D eigenvalue weighted by molar-refractivity contribution is 1.29. The first-order chi connectivity index (χ1) is 12.7. The Bertz CT molecular complexity index is 1090. The van der Waals surface area contributed by atoms with Crippen molar-refractivity contribution in [1.82, 2.24) is 9.97 Å². The zero-order chi connectivity index (χ0) is 17.9. The Balaban J connectivity index is 1.84. The number of nitrogens with zero attached hydrogens (tertiary/aromatic N) is 2. The Morgan fingerprint density at radius 2 is 1.77 bits per heavy atom. The fourth-order valence-electron chi connectivity index (χ4n) is 2.88. The topological polar surface area (TPSA) is 87.7 Å². The molecule has 0 spiro atoms. The minimum absolute atomic E-state index is 0.578. The van der Waals surface area contributed by atoms with E-state index in [0.29, 0.717) is 11.3 Å². The van der Waals surface area contributed by atoms with E-state index >= 15 is 0 Å². The molecule has 2 aromatic heterocycles. The van der Waals surface area contributed by atoms with Gasteiger partial charge in [-0.15, -0.1) is 0 Å². The van der Waals surface area contributed by atoms with E-state index in [1.165, 1.54) is 6.21 Å². The van der Waals surface area contributed by atoms with Gasteiger partial charge in [-0.25, -0.2) is 4.98 Å². The van der Waals surface area contributed by atoms with Crippen LogP contribution in [0.1, 0.15) is 5.56 Å². The van der Waals surface area contributed by atoms with Gasteiger partial charge in [0.25, 0.3) is 0 Å². The van der Waals surface area contributed by atoms with Crippen LogP contribution >= 0.6 is 0 Å². The van der Waals surface area contributed by atoms with E-state index in [-0.39, 0.29) is 0 Å². The molecule has 126 valence electrons. The van der Waals surface area contributed by atoms with E-state index < -0.39 is 0 Å². The molecule has 26 heavy (non-hydrogen) atoms. The van der Waals surface area contributed by atoms with Crippen LogP contribution in [0.2, 0.25) is 0 Å². The summed E-state index contributed by atoms with van der Waals surface area (Å²) in [7, 11) is 0. The molecule has 0 fully saturated rings. The van der Waals surface area contributed by atoms with Crippen molar-refractivity contribution in [2.24, 2.45) is 0 Å². The minimum Gasteiger partial charge on any atom is -0.398 e. The van der Waals surface area contributed by atoms with Crippen molar-refractivity contribution in [2.45, 2.75) is 0 Å². The predicted octanol–water partition coefficient (Wildman–Crippen LogP) is 4.62.